The molecule has 2 aromatic carbocycles. The highest BCUT2D eigenvalue weighted by Gasteiger charge is 2.31. The molecule has 92 valence electrons. The number of benzene rings is 2. The number of aliphatic hydroxyl groups excluding tert-OH is 1. The fourth-order valence-electron chi connectivity index (χ4n) is 2.69. The maximum Gasteiger partial charge on any atom is 0.123 e. The number of fused-ring (bicyclic) bond motifs is 1. The van der Waals surface area contributed by atoms with Crippen molar-refractivity contribution >= 4 is 0 Å². The van der Waals surface area contributed by atoms with Gasteiger partial charge in [-0.1, -0.05) is 36.4 Å². The Morgan fingerprint density at radius 2 is 2.00 bits per heavy atom. The Bertz CT molecular complexity index is 565. The van der Waals surface area contributed by atoms with Crippen LogP contribution in [0.3, 0.4) is 0 Å². The molecule has 2 unspecified atom stereocenters. The molecule has 0 saturated carbocycles. The molecule has 0 amide bonds. The third-order valence-electron chi connectivity index (χ3n) is 3.69. The van der Waals surface area contributed by atoms with Gasteiger partial charge in [0.05, 0.1) is 6.10 Å². The van der Waals surface area contributed by atoms with Crippen LogP contribution in [-0.4, -0.2) is 11.2 Å². The van der Waals surface area contributed by atoms with Crippen molar-refractivity contribution in [2.45, 2.75) is 24.9 Å². The molecule has 0 saturated heterocycles. The van der Waals surface area contributed by atoms with E-state index in [9.17, 15) is 9.50 Å². The Morgan fingerprint density at radius 1 is 1.17 bits per heavy atom. The van der Waals surface area contributed by atoms with Gasteiger partial charge < -0.3 is 5.11 Å². The summed E-state index contributed by atoms with van der Waals surface area (Å²) in [5.74, 6) is -0.0434. The first kappa shape index (κ1) is 11.4. The van der Waals surface area contributed by atoms with E-state index < -0.39 is 6.10 Å². The fourth-order valence-corrected chi connectivity index (χ4v) is 2.69. The smallest absolute Gasteiger partial charge is 0.123 e. The van der Waals surface area contributed by atoms with E-state index in [0.29, 0.717) is 6.42 Å². The first-order valence-corrected chi connectivity index (χ1v) is 6.24. The molecule has 1 nitrogen and oxygen atoms in total. The first-order chi connectivity index (χ1) is 8.74. The Hall–Kier alpha value is -1.67. The fraction of sp³-hybridized carbons (Fsp3) is 0.250. The van der Waals surface area contributed by atoms with Crippen LogP contribution in [0.5, 0.6) is 0 Å². The van der Waals surface area contributed by atoms with Crippen LogP contribution in [0.4, 0.5) is 4.39 Å². The molecular weight excluding hydrogens is 227 g/mol. The lowest BCUT2D eigenvalue weighted by molar-refractivity contribution is 0.133. The van der Waals surface area contributed by atoms with Gasteiger partial charge in [-0.15, -0.1) is 0 Å². The molecule has 0 radical (unpaired) electrons. The Labute approximate surface area is 106 Å². The van der Waals surface area contributed by atoms with Gasteiger partial charge in [-0.05, 0) is 41.7 Å². The summed E-state index contributed by atoms with van der Waals surface area (Å²) < 4.78 is 13.1. The van der Waals surface area contributed by atoms with E-state index in [0.717, 1.165) is 12.0 Å². The number of halogens is 1. The van der Waals surface area contributed by atoms with E-state index in [-0.39, 0.29) is 11.7 Å². The molecule has 0 heterocycles. The molecule has 18 heavy (non-hydrogen) atoms. The van der Waals surface area contributed by atoms with Crippen LogP contribution >= 0.6 is 0 Å². The lowest BCUT2D eigenvalue weighted by atomic mass is 9.73. The molecule has 0 spiro atoms. The highest BCUT2D eigenvalue weighted by molar-refractivity contribution is 5.41. The molecule has 3 rings (SSSR count). The van der Waals surface area contributed by atoms with Gasteiger partial charge in [0.1, 0.15) is 5.82 Å². The molecule has 1 aliphatic rings. The Morgan fingerprint density at radius 3 is 2.78 bits per heavy atom. The van der Waals surface area contributed by atoms with Gasteiger partial charge >= 0.3 is 0 Å². The predicted octanol–water partition coefficient (Wildman–Crippen LogP) is 3.07. The largest absolute Gasteiger partial charge is 0.392 e. The van der Waals surface area contributed by atoms with Gasteiger partial charge in [-0.25, -0.2) is 4.39 Å². The monoisotopic (exact) mass is 242 g/mol. The Kier molecular flexibility index (Phi) is 2.88. The predicted molar refractivity (Wildman–Crippen MR) is 69.0 cm³/mol. The summed E-state index contributed by atoms with van der Waals surface area (Å²) in [6.45, 7) is 0. The van der Waals surface area contributed by atoms with Crippen LogP contribution in [-0.2, 0) is 12.8 Å². The van der Waals surface area contributed by atoms with E-state index in [1.807, 2.05) is 18.2 Å². The summed E-state index contributed by atoms with van der Waals surface area (Å²) in [5, 5.41) is 10.2. The molecule has 0 bridgehead atoms. The zero-order valence-electron chi connectivity index (χ0n) is 10.0. The highest BCUT2D eigenvalue weighted by atomic mass is 19.1. The van der Waals surface area contributed by atoms with Crippen molar-refractivity contribution in [3.8, 4) is 0 Å². The molecule has 0 aliphatic heterocycles. The lowest BCUT2D eigenvalue weighted by Gasteiger charge is -2.34. The van der Waals surface area contributed by atoms with Gasteiger partial charge in [-0.2, -0.15) is 0 Å². The van der Waals surface area contributed by atoms with E-state index in [2.05, 4.69) is 12.1 Å². The third kappa shape index (κ3) is 2.04. The molecule has 2 aromatic rings. The van der Waals surface area contributed by atoms with E-state index in [1.165, 1.54) is 23.3 Å². The van der Waals surface area contributed by atoms with Crippen LogP contribution in [0, 0.1) is 5.82 Å². The van der Waals surface area contributed by atoms with Gasteiger partial charge in [-0.3, -0.25) is 0 Å². The normalized spacial score (nSPS) is 18.9. The average Bonchev–Trinajstić information content (AvgIpc) is 2.30. The second-order valence-corrected chi connectivity index (χ2v) is 4.91. The van der Waals surface area contributed by atoms with Crippen LogP contribution in [0.25, 0.3) is 0 Å². The van der Waals surface area contributed by atoms with Crippen molar-refractivity contribution in [2.75, 3.05) is 0 Å². The molecule has 0 aromatic heterocycles. The molecule has 1 aliphatic carbocycles. The number of hydrogen-bond acceptors (Lipinski definition) is 1. The maximum absolute atomic E-state index is 13.1. The van der Waals surface area contributed by atoms with E-state index >= 15 is 0 Å². The second-order valence-electron chi connectivity index (χ2n) is 4.91. The van der Waals surface area contributed by atoms with Crippen molar-refractivity contribution in [3.05, 3.63) is 71.0 Å². The zero-order chi connectivity index (χ0) is 12.5. The molecule has 1 N–H and O–H groups in total. The lowest BCUT2D eigenvalue weighted by Crippen LogP contribution is -2.30. The van der Waals surface area contributed by atoms with E-state index in [4.69, 9.17) is 0 Å². The summed E-state index contributed by atoms with van der Waals surface area (Å²) >= 11 is 0. The van der Waals surface area contributed by atoms with Crippen LogP contribution in [0.1, 0.15) is 22.6 Å². The quantitative estimate of drug-likeness (QED) is 0.877. The second kappa shape index (κ2) is 4.54. The van der Waals surface area contributed by atoms with Crippen molar-refractivity contribution in [2.24, 2.45) is 0 Å². The SMILES string of the molecule is OC(Cc1cccc(F)c1)C1Cc2ccccc21. The van der Waals surface area contributed by atoms with Crippen LogP contribution in [0.2, 0.25) is 0 Å². The van der Waals surface area contributed by atoms with Crippen molar-refractivity contribution in [1.29, 1.82) is 0 Å². The summed E-state index contributed by atoms with van der Waals surface area (Å²) in [5.41, 5.74) is 3.41. The van der Waals surface area contributed by atoms with Crippen molar-refractivity contribution < 1.29 is 9.50 Å². The summed E-state index contributed by atoms with van der Waals surface area (Å²) in [4.78, 5) is 0. The summed E-state index contributed by atoms with van der Waals surface area (Å²) in [6, 6.07) is 14.7. The van der Waals surface area contributed by atoms with Gasteiger partial charge in [0.2, 0.25) is 0 Å². The molecule has 0 fully saturated rings. The highest BCUT2D eigenvalue weighted by Crippen LogP contribution is 2.38. The number of rotatable bonds is 3. The van der Waals surface area contributed by atoms with Gasteiger partial charge in [0.25, 0.3) is 0 Å². The van der Waals surface area contributed by atoms with Crippen molar-refractivity contribution in [1.82, 2.24) is 0 Å². The topological polar surface area (TPSA) is 20.2 Å². The van der Waals surface area contributed by atoms with E-state index in [1.54, 1.807) is 6.07 Å². The molecule has 2 atom stereocenters. The Balaban J connectivity index is 1.72. The van der Waals surface area contributed by atoms with Crippen LogP contribution < -0.4 is 0 Å². The zero-order valence-corrected chi connectivity index (χ0v) is 10.0. The average molecular weight is 242 g/mol. The minimum Gasteiger partial charge on any atom is -0.392 e. The summed E-state index contributed by atoms with van der Waals surface area (Å²) in [7, 11) is 0. The minimum absolute atomic E-state index is 0.199. The standard InChI is InChI=1S/C16H15FO/c17-13-6-3-4-11(8-13)9-16(18)15-10-12-5-1-2-7-14(12)15/h1-8,15-16,18H,9-10H2. The van der Waals surface area contributed by atoms with Gasteiger partial charge in [0, 0.05) is 5.92 Å². The maximum atomic E-state index is 13.1. The number of hydrogen-bond donors (Lipinski definition) is 1. The first-order valence-electron chi connectivity index (χ1n) is 6.24. The minimum atomic E-state index is -0.429. The van der Waals surface area contributed by atoms with Crippen molar-refractivity contribution in [3.63, 3.8) is 0 Å². The third-order valence-corrected chi connectivity index (χ3v) is 3.69. The number of aliphatic hydroxyl groups is 1. The molecular formula is C16H15FO. The van der Waals surface area contributed by atoms with Crippen LogP contribution in [0.15, 0.2) is 48.5 Å². The summed E-state index contributed by atoms with van der Waals surface area (Å²) in [6.07, 6.45) is 1.00. The molecule has 2 heteroatoms. The van der Waals surface area contributed by atoms with Gasteiger partial charge in [0.15, 0.2) is 0 Å².